The fourth-order valence-electron chi connectivity index (χ4n) is 5.88. The summed E-state index contributed by atoms with van der Waals surface area (Å²) < 4.78 is 4.10. The van der Waals surface area contributed by atoms with Crippen molar-refractivity contribution in [3.8, 4) is 22.5 Å². The highest BCUT2D eigenvalue weighted by Gasteiger charge is 2.31. The number of carboxylic acid groups (broad SMARTS) is 1. The summed E-state index contributed by atoms with van der Waals surface area (Å²) in [5.41, 5.74) is 6.03. The molecule has 2 aromatic carbocycles. The number of hydrogen-bond donors (Lipinski definition) is 2. The first kappa shape index (κ1) is 26.6. The molecule has 9 heteroatoms. The van der Waals surface area contributed by atoms with E-state index in [4.69, 9.17) is 0 Å². The molecule has 5 rings (SSSR count). The molecule has 2 atom stereocenters. The maximum absolute atomic E-state index is 13.9. The molecule has 2 N–H and O–H groups in total. The van der Waals surface area contributed by atoms with E-state index >= 15 is 0 Å². The molecule has 0 radical (unpaired) electrons. The summed E-state index contributed by atoms with van der Waals surface area (Å²) in [6.45, 7) is 4.36. The largest absolute Gasteiger partial charge is 0.481 e. The molecule has 0 bridgehead atoms. The minimum atomic E-state index is -0.816. The van der Waals surface area contributed by atoms with Gasteiger partial charge in [-0.05, 0) is 60.9 Å². The van der Waals surface area contributed by atoms with Crippen LogP contribution in [0.2, 0.25) is 0 Å². The molecular formula is C30H36N6O3. The highest BCUT2D eigenvalue weighted by atomic mass is 16.4. The maximum atomic E-state index is 13.9. The molecule has 0 aliphatic carbocycles. The van der Waals surface area contributed by atoms with Gasteiger partial charge in [0.05, 0.1) is 6.04 Å². The van der Waals surface area contributed by atoms with Crippen LogP contribution in [0, 0.1) is 0 Å². The highest BCUT2D eigenvalue weighted by Crippen LogP contribution is 2.34. The van der Waals surface area contributed by atoms with Gasteiger partial charge in [0.25, 0.3) is 5.56 Å². The van der Waals surface area contributed by atoms with Gasteiger partial charge in [-0.3, -0.25) is 14.3 Å². The fourth-order valence-corrected chi connectivity index (χ4v) is 5.88. The Kier molecular flexibility index (Phi) is 8.05. The Morgan fingerprint density at radius 1 is 1.05 bits per heavy atom. The summed E-state index contributed by atoms with van der Waals surface area (Å²) in [5.74, 6) is -0.269. The Morgan fingerprint density at radius 2 is 1.82 bits per heavy atom. The van der Waals surface area contributed by atoms with E-state index in [2.05, 4.69) is 63.4 Å². The van der Waals surface area contributed by atoms with Crippen LogP contribution in [0.15, 0.2) is 53.3 Å². The zero-order chi connectivity index (χ0) is 27.4. The van der Waals surface area contributed by atoms with Crippen LogP contribution in [-0.4, -0.2) is 41.1 Å². The normalized spacial score (nSPS) is 16.8. The summed E-state index contributed by atoms with van der Waals surface area (Å²) in [5, 5.41) is 23.8. The number of unbranched alkanes of at least 4 members (excludes halogenated alkanes) is 2. The SMILES string of the molecule is CCCCCc1c(Cc2ccc(-c3ccccc3-c3nn[nH]n3)cc2)c(=O)n2n1C(C)CCC2CCC(=O)O. The number of hydrogen-bond acceptors (Lipinski definition) is 5. The average Bonchev–Trinajstić information content (AvgIpc) is 3.57. The molecule has 2 unspecified atom stereocenters. The second-order valence-electron chi connectivity index (χ2n) is 10.5. The van der Waals surface area contributed by atoms with Crippen LogP contribution >= 0.6 is 0 Å². The van der Waals surface area contributed by atoms with Gasteiger partial charge in [-0.2, -0.15) is 5.21 Å². The molecule has 0 fully saturated rings. The molecule has 204 valence electrons. The van der Waals surface area contributed by atoms with Crippen LogP contribution in [-0.2, 0) is 17.6 Å². The van der Waals surface area contributed by atoms with Gasteiger partial charge < -0.3 is 5.11 Å². The number of carbonyl (C=O) groups is 1. The summed E-state index contributed by atoms with van der Waals surface area (Å²) in [6.07, 6.45) is 7.02. The molecule has 0 saturated heterocycles. The van der Waals surface area contributed by atoms with Gasteiger partial charge in [0.15, 0.2) is 0 Å². The van der Waals surface area contributed by atoms with Crippen LogP contribution < -0.4 is 5.56 Å². The van der Waals surface area contributed by atoms with Crippen molar-refractivity contribution in [1.82, 2.24) is 30.0 Å². The summed E-state index contributed by atoms with van der Waals surface area (Å²) in [4.78, 5) is 25.2. The number of H-pyrrole nitrogens is 1. The summed E-state index contributed by atoms with van der Waals surface area (Å²) >= 11 is 0. The van der Waals surface area contributed by atoms with Crippen molar-refractivity contribution in [1.29, 1.82) is 0 Å². The van der Waals surface area contributed by atoms with E-state index in [1.165, 1.54) is 0 Å². The number of aromatic amines is 1. The van der Waals surface area contributed by atoms with Gasteiger partial charge in [-0.15, -0.1) is 10.2 Å². The van der Waals surface area contributed by atoms with E-state index in [0.29, 0.717) is 18.7 Å². The molecule has 1 aliphatic rings. The molecule has 9 nitrogen and oxygen atoms in total. The first-order valence-corrected chi connectivity index (χ1v) is 14.0. The van der Waals surface area contributed by atoms with Crippen molar-refractivity contribution in [2.24, 2.45) is 0 Å². The zero-order valence-electron chi connectivity index (χ0n) is 22.6. The lowest BCUT2D eigenvalue weighted by atomic mass is 9.96. The highest BCUT2D eigenvalue weighted by molar-refractivity contribution is 5.80. The second kappa shape index (κ2) is 11.8. The predicted octanol–water partition coefficient (Wildman–Crippen LogP) is 5.58. The summed E-state index contributed by atoms with van der Waals surface area (Å²) in [7, 11) is 0. The molecule has 39 heavy (non-hydrogen) atoms. The molecule has 2 aromatic heterocycles. The van der Waals surface area contributed by atoms with Crippen LogP contribution in [0.4, 0.5) is 0 Å². The minimum Gasteiger partial charge on any atom is -0.481 e. The Morgan fingerprint density at radius 3 is 2.51 bits per heavy atom. The topological polar surface area (TPSA) is 119 Å². The minimum absolute atomic E-state index is 0.0370. The van der Waals surface area contributed by atoms with Crippen molar-refractivity contribution in [2.45, 2.75) is 83.7 Å². The van der Waals surface area contributed by atoms with E-state index in [0.717, 1.165) is 72.0 Å². The van der Waals surface area contributed by atoms with E-state index in [1.54, 1.807) is 0 Å². The lowest BCUT2D eigenvalue weighted by molar-refractivity contribution is -0.137. The predicted molar refractivity (Wildman–Crippen MR) is 150 cm³/mol. The van der Waals surface area contributed by atoms with Crippen molar-refractivity contribution < 1.29 is 9.90 Å². The van der Waals surface area contributed by atoms with Gasteiger partial charge in [-0.25, -0.2) is 4.68 Å². The standard InChI is InChI=1S/C30H36N6O3/c1-3-4-5-10-27-26(30(39)36-23(17-18-28(37)38)16-11-20(2)35(27)36)19-21-12-14-22(15-13-21)24-8-6-7-9-25(24)29-31-33-34-32-29/h6-9,12-15,20,23H,3-5,10-11,16-19H2,1-2H3,(H,37,38)(H,31,32,33,34). The smallest absolute Gasteiger partial charge is 0.303 e. The molecule has 3 heterocycles. The monoisotopic (exact) mass is 528 g/mol. The van der Waals surface area contributed by atoms with Gasteiger partial charge in [0.1, 0.15) is 0 Å². The third kappa shape index (κ3) is 5.57. The molecule has 0 spiro atoms. The quantitative estimate of drug-likeness (QED) is 0.245. The van der Waals surface area contributed by atoms with E-state index in [1.807, 2.05) is 28.9 Å². The van der Waals surface area contributed by atoms with Crippen molar-refractivity contribution in [3.63, 3.8) is 0 Å². The Hall–Kier alpha value is -4.01. The number of aromatic nitrogens is 6. The van der Waals surface area contributed by atoms with Crippen molar-refractivity contribution in [3.05, 3.63) is 75.7 Å². The lowest BCUT2D eigenvalue weighted by Gasteiger charge is -2.32. The zero-order valence-corrected chi connectivity index (χ0v) is 22.6. The Bertz CT molecular complexity index is 1470. The van der Waals surface area contributed by atoms with E-state index in [-0.39, 0.29) is 24.1 Å². The molecular weight excluding hydrogens is 492 g/mol. The van der Waals surface area contributed by atoms with Crippen molar-refractivity contribution in [2.75, 3.05) is 0 Å². The van der Waals surface area contributed by atoms with Crippen LogP contribution in [0.1, 0.15) is 87.7 Å². The lowest BCUT2D eigenvalue weighted by Crippen LogP contribution is -2.34. The first-order valence-electron chi connectivity index (χ1n) is 14.0. The Balaban J connectivity index is 1.48. The number of rotatable bonds is 11. The average molecular weight is 529 g/mol. The number of tetrazole rings is 1. The number of nitrogens with one attached hydrogen (secondary N) is 1. The Labute approximate surface area is 227 Å². The number of benzene rings is 2. The number of carboxylic acids is 1. The van der Waals surface area contributed by atoms with Crippen LogP contribution in [0.25, 0.3) is 22.5 Å². The molecule has 0 saturated carbocycles. The number of aliphatic carboxylic acids is 1. The first-order chi connectivity index (χ1) is 19.0. The van der Waals surface area contributed by atoms with Gasteiger partial charge >= 0.3 is 5.97 Å². The molecule has 0 amide bonds. The second-order valence-corrected chi connectivity index (χ2v) is 10.5. The maximum Gasteiger partial charge on any atom is 0.303 e. The molecule has 4 aromatic rings. The number of fused-ring (bicyclic) bond motifs is 1. The molecule has 1 aliphatic heterocycles. The third-order valence-corrected chi connectivity index (χ3v) is 7.87. The van der Waals surface area contributed by atoms with Crippen LogP contribution in [0.5, 0.6) is 0 Å². The van der Waals surface area contributed by atoms with Gasteiger partial charge in [-0.1, -0.05) is 68.3 Å². The number of nitrogens with zero attached hydrogens (tertiary/aromatic N) is 5. The summed E-state index contributed by atoms with van der Waals surface area (Å²) in [6, 6.07) is 16.4. The van der Waals surface area contributed by atoms with Crippen molar-refractivity contribution >= 4 is 5.97 Å². The van der Waals surface area contributed by atoms with E-state index < -0.39 is 5.97 Å². The fraction of sp³-hybridized carbons (Fsp3) is 0.433. The van der Waals surface area contributed by atoms with Gasteiger partial charge in [0, 0.05) is 35.7 Å². The van der Waals surface area contributed by atoms with Crippen LogP contribution in [0.3, 0.4) is 0 Å². The van der Waals surface area contributed by atoms with E-state index in [9.17, 15) is 14.7 Å². The van der Waals surface area contributed by atoms with Gasteiger partial charge in [0.2, 0.25) is 5.82 Å². The third-order valence-electron chi connectivity index (χ3n) is 7.87.